The van der Waals surface area contributed by atoms with Crippen LogP contribution in [0.25, 0.3) is 0 Å². The van der Waals surface area contributed by atoms with Crippen molar-refractivity contribution in [1.29, 1.82) is 0 Å². The molecule has 0 fully saturated rings. The zero-order valence-electron chi connectivity index (χ0n) is 10.1. The fourth-order valence-corrected chi connectivity index (χ4v) is 2.13. The quantitative estimate of drug-likeness (QED) is 0.862. The maximum atomic E-state index is 11.6. The summed E-state index contributed by atoms with van der Waals surface area (Å²) in [6.45, 7) is 3.74. The van der Waals surface area contributed by atoms with Gasteiger partial charge in [0.15, 0.2) is 0 Å². The second kappa shape index (κ2) is 5.87. The maximum Gasteiger partial charge on any atom is 0.314 e. The summed E-state index contributed by atoms with van der Waals surface area (Å²) in [6, 6.07) is 9.33. The number of hydrogen-bond donors (Lipinski definition) is 1. The molecule has 0 aromatic heterocycles. The Labute approximate surface area is 107 Å². The van der Waals surface area contributed by atoms with E-state index in [4.69, 9.17) is 11.6 Å². The average Bonchev–Trinajstić information content (AvgIpc) is 2.36. The first-order valence-corrected chi connectivity index (χ1v) is 6.05. The first kappa shape index (κ1) is 13.8. The lowest BCUT2D eigenvalue weighted by Gasteiger charge is -2.29. The summed E-state index contributed by atoms with van der Waals surface area (Å²) in [5.41, 5.74) is 2.28. The van der Waals surface area contributed by atoms with Gasteiger partial charge in [-0.05, 0) is 25.3 Å². The third-order valence-electron chi connectivity index (χ3n) is 3.11. The van der Waals surface area contributed by atoms with Gasteiger partial charge in [-0.15, -0.1) is 0 Å². The first-order valence-electron chi connectivity index (χ1n) is 5.61. The smallest absolute Gasteiger partial charge is 0.314 e. The fraction of sp³-hybridized carbons (Fsp3) is 0.357. The molecule has 2 nitrogen and oxygen atoms in total. The number of aliphatic carboxylic acids is 1. The van der Waals surface area contributed by atoms with Crippen molar-refractivity contribution in [2.45, 2.75) is 32.1 Å². The van der Waals surface area contributed by atoms with E-state index in [0.717, 1.165) is 11.1 Å². The van der Waals surface area contributed by atoms with E-state index in [2.05, 4.69) is 0 Å². The number of carboxylic acids is 1. The summed E-state index contributed by atoms with van der Waals surface area (Å²) in [7, 11) is 0. The van der Waals surface area contributed by atoms with Crippen LogP contribution in [0.4, 0.5) is 0 Å². The van der Waals surface area contributed by atoms with Gasteiger partial charge in [0, 0.05) is 5.54 Å². The summed E-state index contributed by atoms with van der Waals surface area (Å²) in [6.07, 6.45) is 0.973. The van der Waals surface area contributed by atoms with Crippen LogP contribution in [0.1, 0.15) is 32.3 Å². The van der Waals surface area contributed by atoms with Crippen molar-refractivity contribution in [2.75, 3.05) is 0 Å². The molecule has 0 aliphatic rings. The molecule has 1 aromatic carbocycles. The van der Waals surface area contributed by atoms with Crippen molar-refractivity contribution in [3.05, 3.63) is 47.0 Å². The average molecular weight is 253 g/mol. The second-order valence-corrected chi connectivity index (χ2v) is 4.46. The van der Waals surface area contributed by atoms with Crippen LogP contribution in [-0.2, 0) is 10.2 Å². The summed E-state index contributed by atoms with van der Waals surface area (Å²) < 4.78 is 0. The summed E-state index contributed by atoms with van der Waals surface area (Å²) in [4.78, 5) is 11.6. The van der Waals surface area contributed by atoms with Crippen molar-refractivity contribution in [3.63, 3.8) is 0 Å². The van der Waals surface area contributed by atoms with Gasteiger partial charge >= 0.3 is 5.97 Å². The molecule has 92 valence electrons. The Kier molecular flexibility index (Phi) is 4.76. The molecule has 1 atom stereocenters. The Morgan fingerprint density at radius 1 is 1.41 bits per heavy atom. The van der Waals surface area contributed by atoms with Gasteiger partial charge in [-0.2, -0.15) is 0 Å². The molecule has 0 aliphatic heterocycles. The van der Waals surface area contributed by atoms with Gasteiger partial charge < -0.3 is 5.11 Å². The molecule has 1 rings (SSSR count). The lowest BCUT2D eigenvalue weighted by molar-refractivity contribution is -0.144. The molecule has 1 aromatic rings. The van der Waals surface area contributed by atoms with Gasteiger partial charge in [0.25, 0.3) is 0 Å². The molecule has 0 heterocycles. The predicted molar refractivity (Wildman–Crippen MR) is 70.3 cm³/mol. The molecular formula is C14H17ClO2. The van der Waals surface area contributed by atoms with E-state index < -0.39 is 11.4 Å². The summed E-state index contributed by atoms with van der Waals surface area (Å²) in [5.74, 6) is -0.802. The van der Waals surface area contributed by atoms with Crippen LogP contribution >= 0.6 is 11.6 Å². The number of carbonyl (C=O) groups is 1. The molecule has 0 spiro atoms. The molecule has 17 heavy (non-hydrogen) atoms. The van der Waals surface area contributed by atoms with Crippen molar-refractivity contribution < 1.29 is 9.90 Å². The van der Waals surface area contributed by atoms with E-state index in [1.54, 1.807) is 0 Å². The van der Waals surface area contributed by atoms with Gasteiger partial charge in [0.1, 0.15) is 0 Å². The van der Waals surface area contributed by atoms with Crippen LogP contribution in [0.15, 0.2) is 41.4 Å². The Balaban J connectivity index is 3.23. The van der Waals surface area contributed by atoms with Gasteiger partial charge in [0.05, 0.1) is 5.41 Å². The molecule has 3 heteroatoms. The number of benzene rings is 1. The maximum absolute atomic E-state index is 11.6. The van der Waals surface area contributed by atoms with Crippen LogP contribution < -0.4 is 0 Å². The van der Waals surface area contributed by atoms with Crippen molar-refractivity contribution in [2.24, 2.45) is 0 Å². The minimum absolute atomic E-state index is 0.437. The van der Waals surface area contributed by atoms with Crippen LogP contribution in [0.3, 0.4) is 0 Å². The number of rotatable bonds is 5. The lowest BCUT2D eigenvalue weighted by Crippen LogP contribution is -2.35. The van der Waals surface area contributed by atoms with Gasteiger partial charge in [-0.1, -0.05) is 54.4 Å². The Bertz CT molecular complexity index is 411. The Hall–Kier alpha value is -1.28. The predicted octanol–water partition coefficient (Wildman–Crippen LogP) is 3.95. The molecule has 0 saturated carbocycles. The zero-order chi connectivity index (χ0) is 12.9. The monoisotopic (exact) mass is 252 g/mol. The topological polar surface area (TPSA) is 37.3 Å². The van der Waals surface area contributed by atoms with E-state index in [9.17, 15) is 9.90 Å². The molecule has 1 N–H and O–H groups in total. The second-order valence-electron chi connectivity index (χ2n) is 4.24. The third-order valence-corrected chi connectivity index (χ3v) is 3.48. The minimum Gasteiger partial charge on any atom is -0.481 e. The lowest BCUT2D eigenvalue weighted by atomic mass is 9.74. The molecule has 0 amide bonds. The molecule has 0 radical (unpaired) electrons. The van der Waals surface area contributed by atoms with E-state index in [0.29, 0.717) is 12.8 Å². The van der Waals surface area contributed by atoms with Crippen molar-refractivity contribution >= 4 is 17.6 Å². The number of halogens is 1. The van der Waals surface area contributed by atoms with E-state index in [1.807, 2.05) is 44.2 Å². The normalized spacial score (nSPS) is 15.4. The van der Waals surface area contributed by atoms with Crippen molar-refractivity contribution in [1.82, 2.24) is 0 Å². The summed E-state index contributed by atoms with van der Waals surface area (Å²) >= 11 is 5.65. The van der Waals surface area contributed by atoms with Crippen molar-refractivity contribution in [3.8, 4) is 0 Å². The highest BCUT2D eigenvalue weighted by atomic mass is 35.5. The van der Waals surface area contributed by atoms with Crippen LogP contribution in [0, 0.1) is 0 Å². The van der Waals surface area contributed by atoms with E-state index in [1.165, 1.54) is 5.54 Å². The molecular weight excluding hydrogens is 236 g/mol. The highest BCUT2D eigenvalue weighted by molar-refractivity contribution is 6.25. The van der Waals surface area contributed by atoms with Gasteiger partial charge in [-0.3, -0.25) is 4.79 Å². The third kappa shape index (κ3) is 2.89. The first-order chi connectivity index (χ1) is 8.06. The van der Waals surface area contributed by atoms with Gasteiger partial charge in [-0.25, -0.2) is 0 Å². The Morgan fingerprint density at radius 2 is 2.00 bits per heavy atom. The molecule has 0 aliphatic carbocycles. The van der Waals surface area contributed by atoms with Crippen LogP contribution in [0.2, 0.25) is 0 Å². The Morgan fingerprint density at radius 3 is 2.41 bits per heavy atom. The molecule has 0 bridgehead atoms. The van der Waals surface area contributed by atoms with Crippen LogP contribution in [-0.4, -0.2) is 11.1 Å². The summed E-state index contributed by atoms with van der Waals surface area (Å²) in [5, 5.41) is 9.55. The number of allylic oxidation sites excluding steroid dienone is 1. The molecule has 0 saturated heterocycles. The largest absolute Gasteiger partial charge is 0.481 e. The highest BCUT2D eigenvalue weighted by Gasteiger charge is 2.38. The number of carboxylic acid groups (broad SMARTS) is 1. The minimum atomic E-state index is -0.878. The van der Waals surface area contributed by atoms with Crippen LogP contribution in [0.5, 0.6) is 0 Å². The molecule has 1 unspecified atom stereocenters. The zero-order valence-corrected chi connectivity index (χ0v) is 10.9. The van der Waals surface area contributed by atoms with E-state index >= 15 is 0 Å². The SMILES string of the molecule is CCC(C/C(C)=C/Cl)(C(=O)O)c1ccccc1. The highest BCUT2D eigenvalue weighted by Crippen LogP contribution is 2.35. The fourth-order valence-electron chi connectivity index (χ4n) is 2.05. The number of hydrogen-bond acceptors (Lipinski definition) is 1. The standard InChI is InChI=1S/C14H17ClO2/c1-3-14(13(16)17,9-11(2)10-15)12-7-5-4-6-8-12/h4-8,10H,3,9H2,1-2H3,(H,16,17)/b11-10+. The van der Waals surface area contributed by atoms with E-state index in [-0.39, 0.29) is 0 Å². The van der Waals surface area contributed by atoms with Gasteiger partial charge in [0.2, 0.25) is 0 Å².